The molecule has 1 rings (SSSR count). The first-order chi connectivity index (χ1) is 7.61. The van der Waals surface area contributed by atoms with Crippen molar-refractivity contribution < 1.29 is 14.3 Å². The largest absolute Gasteiger partial charge is 0.465 e. The van der Waals surface area contributed by atoms with Gasteiger partial charge in [-0.1, -0.05) is 6.92 Å². The second kappa shape index (κ2) is 5.44. The van der Waals surface area contributed by atoms with Crippen LogP contribution in [0.2, 0.25) is 0 Å². The molecule has 0 bridgehead atoms. The molecule has 88 valence electrons. The zero-order valence-corrected chi connectivity index (χ0v) is 9.77. The molecular formula is C11H16N2O3. The van der Waals surface area contributed by atoms with E-state index < -0.39 is 11.9 Å². The molecule has 0 N–H and O–H groups in total. The molecule has 1 unspecified atom stereocenters. The molecule has 0 saturated heterocycles. The minimum atomic E-state index is -0.727. The lowest BCUT2D eigenvalue weighted by molar-refractivity contribution is -0.146. The molecule has 0 aliphatic heterocycles. The molecule has 0 amide bonds. The van der Waals surface area contributed by atoms with Gasteiger partial charge in [0.1, 0.15) is 11.6 Å². The summed E-state index contributed by atoms with van der Waals surface area (Å²) in [6.45, 7) is 3.79. The summed E-state index contributed by atoms with van der Waals surface area (Å²) in [5.41, 5.74) is 0.430. The predicted molar refractivity (Wildman–Crippen MR) is 58.0 cm³/mol. The molecule has 0 spiro atoms. The summed E-state index contributed by atoms with van der Waals surface area (Å²) in [5, 5.41) is 0. The van der Waals surface area contributed by atoms with Gasteiger partial charge in [0, 0.05) is 7.05 Å². The van der Waals surface area contributed by atoms with Crippen LogP contribution in [0.5, 0.6) is 0 Å². The molecule has 1 heterocycles. The normalized spacial score (nSPS) is 12.2. The SMILES string of the molecule is CCOC(=O)C(CC)C(=O)c1cncn1C. The molecule has 0 aromatic carbocycles. The van der Waals surface area contributed by atoms with Crippen molar-refractivity contribution in [1.82, 2.24) is 9.55 Å². The average Bonchev–Trinajstić information content (AvgIpc) is 2.65. The Morgan fingerprint density at radius 1 is 1.50 bits per heavy atom. The molecule has 0 aliphatic rings. The van der Waals surface area contributed by atoms with Crippen LogP contribution in [-0.4, -0.2) is 27.9 Å². The van der Waals surface area contributed by atoms with Gasteiger partial charge in [0.15, 0.2) is 5.78 Å². The van der Waals surface area contributed by atoms with Gasteiger partial charge >= 0.3 is 5.97 Å². The van der Waals surface area contributed by atoms with Crippen LogP contribution in [0.4, 0.5) is 0 Å². The van der Waals surface area contributed by atoms with Gasteiger partial charge in [0.25, 0.3) is 0 Å². The lowest BCUT2D eigenvalue weighted by Gasteiger charge is -2.12. The number of ketones is 1. The summed E-state index contributed by atoms with van der Waals surface area (Å²) >= 11 is 0. The first kappa shape index (κ1) is 12.4. The maximum atomic E-state index is 12.0. The van der Waals surface area contributed by atoms with Crippen molar-refractivity contribution >= 4 is 11.8 Å². The maximum Gasteiger partial charge on any atom is 0.316 e. The standard InChI is InChI=1S/C11H16N2O3/c1-4-8(11(15)16-5-2)10(14)9-6-12-7-13(9)3/h6-8H,4-5H2,1-3H3. The molecule has 0 saturated carbocycles. The monoisotopic (exact) mass is 224 g/mol. The third kappa shape index (κ3) is 2.48. The van der Waals surface area contributed by atoms with Crippen LogP contribution in [-0.2, 0) is 16.6 Å². The van der Waals surface area contributed by atoms with Gasteiger partial charge < -0.3 is 9.30 Å². The highest BCUT2D eigenvalue weighted by Crippen LogP contribution is 2.13. The van der Waals surface area contributed by atoms with Crippen molar-refractivity contribution in [2.45, 2.75) is 20.3 Å². The lowest BCUT2D eigenvalue weighted by Crippen LogP contribution is -2.27. The Bertz CT molecular complexity index is 384. The third-order valence-corrected chi connectivity index (χ3v) is 2.36. The van der Waals surface area contributed by atoms with Crippen LogP contribution >= 0.6 is 0 Å². The third-order valence-electron chi connectivity index (χ3n) is 2.36. The zero-order chi connectivity index (χ0) is 12.1. The first-order valence-electron chi connectivity index (χ1n) is 5.28. The quantitative estimate of drug-likeness (QED) is 0.428. The van der Waals surface area contributed by atoms with Gasteiger partial charge in [0.2, 0.25) is 0 Å². The van der Waals surface area contributed by atoms with Gasteiger partial charge in [-0.3, -0.25) is 9.59 Å². The van der Waals surface area contributed by atoms with E-state index in [4.69, 9.17) is 4.74 Å². The number of nitrogens with zero attached hydrogens (tertiary/aromatic N) is 2. The zero-order valence-electron chi connectivity index (χ0n) is 9.77. The van der Waals surface area contributed by atoms with Crippen molar-refractivity contribution in [1.29, 1.82) is 0 Å². The van der Waals surface area contributed by atoms with Crippen molar-refractivity contribution in [3.63, 3.8) is 0 Å². The number of rotatable bonds is 5. The van der Waals surface area contributed by atoms with Gasteiger partial charge in [-0.05, 0) is 13.3 Å². The Kier molecular flexibility index (Phi) is 4.22. The van der Waals surface area contributed by atoms with Crippen LogP contribution in [0, 0.1) is 5.92 Å². The maximum absolute atomic E-state index is 12.0. The molecule has 0 aliphatic carbocycles. The fourth-order valence-corrected chi connectivity index (χ4v) is 1.48. The number of aryl methyl sites for hydroxylation is 1. The van der Waals surface area contributed by atoms with Crippen molar-refractivity contribution in [2.75, 3.05) is 6.61 Å². The number of imidazole rings is 1. The second-order valence-electron chi connectivity index (χ2n) is 3.47. The van der Waals surface area contributed by atoms with Crippen molar-refractivity contribution in [2.24, 2.45) is 13.0 Å². The minimum Gasteiger partial charge on any atom is -0.465 e. The van der Waals surface area contributed by atoms with E-state index in [2.05, 4.69) is 4.98 Å². The van der Waals surface area contributed by atoms with Crippen LogP contribution in [0.1, 0.15) is 30.8 Å². The minimum absolute atomic E-state index is 0.235. The lowest BCUT2D eigenvalue weighted by atomic mass is 9.99. The Hall–Kier alpha value is -1.65. The number of aromatic nitrogens is 2. The predicted octanol–water partition coefficient (Wildman–Crippen LogP) is 1.19. The summed E-state index contributed by atoms with van der Waals surface area (Å²) in [7, 11) is 1.72. The molecule has 16 heavy (non-hydrogen) atoms. The number of Topliss-reactive ketones (excluding diaryl/α,β-unsaturated/α-hetero) is 1. The number of ether oxygens (including phenoxy) is 1. The Labute approximate surface area is 94.4 Å². The van der Waals surface area contributed by atoms with E-state index >= 15 is 0 Å². The molecule has 5 nitrogen and oxygen atoms in total. The topological polar surface area (TPSA) is 61.2 Å². The second-order valence-corrected chi connectivity index (χ2v) is 3.47. The smallest absolute Gasteiger partial charge is 0.316 e. The number of carbonyl (C=O) groups is 2. The van der Waals surface area contributed by atoms with Gasteiger partial charge in [-0.15, -0.1) is 0 Å². The number of carbonyl (C=O) groups excluding carboxylic acids is 2. The van der Waals surface area contributed by atoms with Crippen LogP contribution < -0.4 is 0 Å². The molecule has 1 atom stereocenters. The highest BCUT2D eigenvalue weighted by Gasteiger charge is 2.28. The number of esters is 1. The van der Waals surface area contributed by atoms with Crippen molar-refractivity contribution in [3.8, 4) is 0 Å². The first-order valence-corrected chi connectivity index (χ1v) is 5.28. The fourth-order valence-electron chi connectivity index (χ4n) is 1.48. The highest BCUT2D eigenvalue weighted by molar-refractivity contribution is 6.07. The Morgan fingerprint density at radius 2 is 2.19 bits per heavy atom. The van der Waals surface area contributed by atoms with E-state index in [1.807, 2.05) is 0 Å². The van der Waals surface area contributed by atoms with Gasteiger partial charge in [0.05, 0.1) is 19.1 Å². The number of hydrogen-bond donors (Lipinski definition) is 0. The number of hydrogen-bond acceptors (Lipinski definition) is 4. The van der Waals surface area contributed by atoms with E-state index in [0.29, 0.717) is 12.1 Å². The van der Waals surface area contributed by atoms with E-state index in [1.54, 1.807) is 25.5 Å². The summed E-state index contributed by atoms with van der Waals surface area (Å²) in [6, 6.07) is 0. The highest BCUT2D eigenvalue weighted by atomic mass is 16.5. The molecule has 5 heteroatoms. The summed E-state index contributed by atoms with van der Waals surface area (Å²) in [6.07, 6.45) is 3.43. The van der Waals surface area contributed by atoms with Crippen LogP contribution in [0.3, 0.4) is 0 Å². The van der Waals surface area contributed by atoms with E-state index in [9.17, 15) is 9.59 Å². The molecule has 1 aromatic heterocycles. The summed E-state index contributed by atoms with van der Waals surface area (Å²) in [4.78, 5) is 27.4. The van der Waals surface area contributed by atoms with Gasteiger partial charge in [-0.2, -0.15) is 0 Å². The molecule has 1 aromatic rings. The van der Waals surface area contributed by atoms with Crippen LogP contribution in [0.15, 0.2) is 12.5 Å². The Balaban J connectivity index is 2.86. The average molecular weight is 224 g/mol. The van der Waals surface area contributed by atoms with Crippen molar-refractivity contribution in [3.05, 3.63) is 18.2 Å². The molecule has 0 radical (unpaired) electrons. The van der Waals surface area contributed by atoms with E-state index in [0.717, 1.165) is 0 Å². The van der Waals surface area contributed by atoms with E-state index in [1.165, 1.54) is 12.5 Å². The van der Waals surface area contributed by atoms with Crippen LogP contribution in [0.25, 0.3) is 0 Å². The van der Waals surface area contributed by atoms with Gasteiger partial charge in [-0.25, -0.2) is 4.98 Å². The van der Waals surface area contributed by atoms with E-state index in [-0.39, 0.29) is 12.4 Å². The molecular weight excluding hydrogens is 208 g/mol. The Morgan fingerprint density at radius 3 is 2.62 bits per heavy atom. The summed E-state index contributed by atoms with van der Waals surface area (Å²) in [5.74, 6) is -1.42. The fraction of sp³-hybridized carbons (Fsp3) is 0.545. The summed E-state index contributed by atoms with van der Waals surface area (Å²) < 4.78 is 6.47. The molecule has 0 fully saturated rings.